The van der Waals surface area contributed by atoms with Gasteiger partial charge >= 0.3 is 0 Å². The van der Waals surface area contributed by atoms with Crippen LogP contribution in [-0.2, 0) is 4.79 Å². The summed E-state index contributed by atoms with van der Waals surface area (Å²) >= 11 is 0. The first-order valence-corrected chi connectivity index (χ1v) is 6.73. The summed E-state index contributed by atoms with van der Waals surface area (Å²) in [5, 5.41) is 0. The molecule has 0 fully saturated rings. The molecule has 1 aromatic carbocycles. The Balaban J connectivity index is 2.77. The first-order chi connectivity index (χ1) is 8.60. The Morgan fingerprint density at radius 2 is 1.67 bits per heavy atom. The number of nitrogen functional groups attached to an aromatic ring is 1. The number of hydrogen-bond donors (Lipinski definition) is 1. The molecule has 1 rings (SSSR count). The number of carbonyl (C=O) groups excluding carboxylic acids is 1. The molecule has 0 aliphatic heterocycles. The maximum absolute atomic E-state index is 12.4. The third kappa shape index (κ3) is 3.76. The summed E-state index contributed by atoms with van der Waals surface area (Å²) in [6.45, 7) is 4.25. The van der Waals surface area contributed by atoms with E-state index in [1.807, 2.05) is 31.3 Å². The maximum atomic E-state index is 12.4. The minimum Gasteiger partial charge on any atom is -0.399 e. The fourth-order valence-corrected chi connectivity index (χ4v) is 2.19. The van der Waals surface area contributed by atoms with Crippen LogP contribution in [0.3, 0.4) is 0 Å². The molecule has 3 heteroatoms. The molecular formula is C15H24N2O. The van der Waals surface area contributed by atoms with Gasteiger partial charge in [0.25, 0.3) is 0 Å². The molecule has 0 aliphatic carbocycles. The van der Waals surface area contributed by atoms with Crippen LogP contribution in [0, 0.1) is 5.92 Å². The molecule has 3 nitrogen and oxygen atoms in total. The number of carbonyl (C=O) groups is 1. The van der Waals surface area contributed by atoms with Gasteiger partial charge in [0.2, 0.25) is 5.91 Å². The topological polar surface area (TPSA) is 46.3 Å². The van der Waals surface area contributed by atoms with Crippen molar-refractivity contribution in [2.75, 3.05) is 17.7 Å². The molecule has 2 N–H and O–H groups in total. The summed E-state index contributed by atoms with van der Waals surface area (Å²) in [5.74, 6) is 0.353. The van der Waals surface area contributed by atoms with Gasteiger partial charge in [-0.1, -0.05) is 26.7 Å². The molecule has 0 heterocycles. The van der Waals surface area contributed by atoms with E-state index in [1.165, 1.54) is 0 Å². The highest BCUT2D eigenvalue weighted by Crippen LogP contribution is 2.21. The van der Waals surface area contributed by atoms with Crippen molar-refractivity contribution < 1.29 is 4.79 Å². The van der Waals surface area contributed by atoms with Crippen molar-refractivity contribution in [3.05, 3.63) is 24.3 Å². The number of nitrogens with two attached hydrogens (primary N) is 1. The summed E-state index contributed by atoms with van der Waals surface area (Å²) in [5.41, 5.74) is 7.28. The maximum Gasteiger partial charge on any atom is 0.229 e. The van der Waals surface area contributed by atoms with Gasteiger partial charge in [0.1, 0.15) is 0 Å². The fourth-order valence-electron chi connectivity index (χ4n) is 2.19. The van der Waals surface area contributed by atoms with Crippen LogP contribution in [0.4, 0.5) is 11.4 Å². The van der Waals surface area contributed by atoms with Crippen LogP contribution in [0.1, 0.15) is 39.5 Å². The van der Waals surface area contributed by atoms with E-state index in [0.717, 1.165) is 37.1 Å². The second kappa shape index (κ2) is 7.04. The average molecular weight is 248 g/mol. The minimum atomic E-state index is 0.141. The van der Waals surface area contributed by atoms with Crippen LogP contribution < -0.4 is 10.6 Å². The molecule has 0 atom stereocenters. The summed E-state index contributed by atoms with van der Waals surface area (Å²) < 4.78 is 0. The zero-order valence-corrected chi connectivity index (χ0v) is 11.6. The molecule has 0 spiro atoms. The van der Waals surface area contributed by atoms with Gasteiger partial charge in [-0.2, -0.15) is 0 Å². The van der Waals surface area contributed by atoms with Crippen LogP contribution in [0.15, 0.2) is 24.3 Å². The lowest BCUT2D eigenvalue weighted by Crippen LogP contribution is -2.32. The van der Waals surface area contributed by atoms with Gasteiger partial charge in [-0.15, -0.1) is 0 Å². The minimum absolute atomic E-state index is 0.141. The van der Waals surface area contributed by atoms with Gasteiger partial charge in [0, 0.05) is 24.3 Å². The summed E-state index contributed by atoms with van der Waals surface area (Å²) in [6, 6.07) is 7.44. The predicted molar refractivity (Wildman–Crippen MR) is 77.6 cm³/mol. The predicted octanol–water partition coefficient (Wildman–Crippen LogP) is 3.45. The molecule has 18 heavy (non-hydrogen) atoms. The zero-order valence-electron chi connectivity index (χ0n) is 11.6. The molecule has 0 aromatic heterocycles. The molecule has 0 bridgehead atoms. The molecular weight excluding hydrogens is 224 g/mol. The van der Waals surface area contributed by atoms with E-state index in [1.54, 1.807) is 4.90 Å². The number of nitrogens with zero attached hydrogens (tertiary/aromatic N) is 1. The molecule has 0 unspecified atom stereocenters. The van der Waals surface area contributed by atoms with E-state index in [0.29, 0.717) is 0 Å². The Kier molecular flexibility index (Phi) is 5.69. The Hall–Kier alpha value is -1.51. The lowest BCUT2D eigenvalue weighted by atomic mass is 9.96. The molecule has 100 valence electrons. The van der Waals surface area contributed by atoms with Crippen molar-refractivity contribution >= 4 is 17.3 Å². The van der Waals surface area contributed by atoms with Crippen molar-refractivity contribution in [3.8, 4) is 0 Å². The van der Waals surface area contributed by atoms with E-state index >= 15 is 0 Å². The number of rotatable bonds is 6. The van der Waals surface area contributed by atoms with Gasteiger partial charge < -0.3 is 10.6 Å². The number of anilines is 2. The van der Waals surface area contributed by atoms with Gasteiger partial charge in [-0.05, 0) is 37.1 Å². The van der Waals surface area contributed by atoms with Gasteiger partial charge in [0.05, 0.1) is 0 Å². The van der Waals surface area contributed by atoms with Gasteiger partial charge in [-0.25, -0.2) is 0 Å². The number of benzene rings is 1. The third-order valence-electron chi connectivity index (χ3n) is 3.23. The summed E-state index contributed by atoms with van der Waals surface area (Å²) in [6.07, 6.45) is 4.02. The van der Waals surface area contributed by atoms with E-state index in [2.05, 4.69) is 13.8 Å². The summed E-state index contributed by atoms with van der Waals surface area (Å²) in [4.78, 5) is 14.1. The molecule has 0 saturated carbocycles. The van der Waals surface area contributed by atoms with Crippen LogP contribution in [0.25, 0.3) is 0 Å². The SMILES string of the molecule is CCCC(CCC)C(=O)N(C)c1ccc(N)cc1. The molecule has 0 aliphatic rings. The largest absolute Gasteiger partial charge is 0.399 e. The number of hydrogen-bond acceptors (Lipinski definition) is 2. The van der Waals surface area contributed by atoms with Crippen molar-refractivity contribution in [1.82, 2.24) is 0 Å². The lowest BCUT2D eigenvalue weighted by molar-refractivity contribution is -0.122. The highest BCUT2D eigenvalue weighted by molar-refractivity contribution is 5.94. The first-order valence-electron chi connectivity index (χ1n) is 6.73. The second-order valence-electron chi connectivity index (χ2n) is 4.76. The smallest absolute Gasteiger partial charge is 0.229 e. The van der Waals surface area contributed by atoms with Gasteiger partial charge in [-0.3, -0.25) is 4.79 Å². The van der Waals surface area contributed by atoms with E-state index in [4.69, 9.17) is 5.73 Å². The highest BCUT2D eigenvalue weighted by Gasteiger charge is 2.21. The summed E-state index contributed by atoms with van der Waals surface area (Å²) in [7, 11) is 1.84. The van der Waals surface area contributed by atoms with Crippen LogP contribution in [0.2, 0.25) is 0 Å². The van der Waals surface area contributed by atoms with Crippen LogP contribution in [0.5, 0.6) is 0 Å². The monoisotopic (exact) mass is 248 g/mol. The van der Waals surface area contributed by atoms with Gasteiger partial charge in [0.15, 0.2) is 0 Å². The lowest BCUT2D eigenvalue weighted by Gasteiger charge is -2.23. The van der Waals surface area contributed by atoms with Crippen molar-refractivity contribution in [3.63, 3.8) is 0 Å². The van der Waals surface area contributed by atoms with E-state index in [9.17, 15) is 4.79 Å². The Labute approximate surface area is 110 Å². The quantitative estimate of drug-likeness (QED) is 0.784. The van der Waals surface area contributed by atoms with Crippen molar-refractivity contribution in [1.29, 1.82) is 0 Å². The average Bonchev–Trinajstić information content (AvgIpc) is 2.38. The van der Waals surface area contributed by atoms with Crippen LogP contribution in [-0.4, -0.2) is 13.0 Å². The Morgan fingerprint density at radius 1 is 1.17 bits per heavy atom. The fraction of sp³-hybridized carbons (Fsp3) is 0.533. The van der Waals surface area contributed by atoms with E-state index in [-0.39, 0.29) is 11.8 Å². The zero-order chi connectivity index (χ0) is 13.5. The first kappa shape index (κ1) is 14.6. The highest BCUT2D eigenvalue weighted by atomic mass is 16.2. The van der Waals surface area contributed by atoms with Crippen LogP contribution >= 0.6 is 0 Å². The molecule has 1 aromatic rings. The third-order valence-corrected chi connectivity index (χ3v) is 3.23. The van der Waals surface area contributed by atoms with Crippen molar-refractivity contribution in [2.45, 2.75) is 39.5 Å². The number of amides is 1. The van der Waals surface area contributed by atoms with E-state index < -0.39 is 0 Å². The molecule has 0 saturated heterocycles. The van der Waals surface area contributed by atoms with Crippen molar-refractivity contribution in [2.24, 2.45) is 5.92 Å². The standard InChI is InChI=1S/C15H24N2O/c1-4-6-12(7-5-2)15(18)17(3)14-10-8-13(16)9-11-14/h8-12H,4-7,16H2,1-3H3. The molecule has 0 radical (unpaired) electrons. The normalized spacial score (nSPS) is 10.7. The Morgan fingerprint density at radius 3 is 2.11 bits per heavy atom. The second-order valence-corrected chi connectivity index (χ2v) is 4.76. The Bertz CT molecular complexity index is 367. The molecule has 1 amide bonds.